The van der Waals surface area contributed by atoms with E-state index in [0.29, 0.717) is 12.8 Å². The second-order valence-corrected chi connectivity index (χ2v) is 19.7. The van der Waals surface area contributed by atoms with Crippen molar-refractivity contribution in [1.29, 1.82) is 0 Å². The van der Waals surface area contributed by atoms with Crippen molar-refractivity contribution in [2.75, 3.05) is 6.61 Å². The highest BCUT2D eigenvalue weighted by Crippen LogP contribution is 2.19. The minimum Gasteiger partial charge on any atom is -0.394 e. The van der Waals surface area contributed by atoms with Crippen LogP contribution in [0.25, 0.3) is 0 Å². The van der Waals surface area contributed by atoms with Gasteiger partial charge in [0.15, 0.2) is 0 Å². The molecule has 0 aromatic carbocycles. The normalized spacial score (nSPS) is 13.7. The van der Waals surface area contributed by atoms with Crippen LogP contribution in [0.1, 0.15) is 316 Å². The van der Waals surface area contributed by atoms with Crippen molar-refractivity contribution in [2.45, 2.75) is 340 Å². The average Bonchev–Trinajstić information content (AvgIpc) is 3.26. The van der Waals surface area contributed by atoms with Gasteiger partial charge in [-0.05, 0) is 12.8 Å². The number of rotatable bonds is 52. The summed E-state index contributed by atoms with van der Waals surface area (Å²) >= 11 is 0. The van der Waals surface area contributed by atoms with Gasteiger partial charge in [0.25, 0.3) is 0 Å². The van der Waals surface area contributed by atoms with Gasteiger partial charge in [-0.15, -0.1) is 0 Å². The molecule has 0 radical (unpaired) electrons. The van der Waals surface area contributed by atoms with Crippen molar-refractivity contribution < 1.29 is 25.2 Å². The highest BCUT2D eigenvalue weighted by molar-refractivity contribution is 5.80. The number of carbonyl (C=O) groups excluding carboxylic acids is 1. The summed E-state index contributed by atoms with van der Waals surface area (Å²) in [6, 6.07) is -0.980. The van der Waals surface area contributed by atoms with Gasteiger partial charge in [0.05, 0.1) is 18.8 Å². The van der Waals surface area contributed by atoms with E-state index < -0.39 is 36.9 Å². The monoisotopic (exact) mass is 866 g/mol. The van der Waals surface area contributed by atoms with Crippen LogP contribution in [-0.4, -0.2) is 57.3 Å². The van der Waals surface area contributed by atoms with E-state index in [2.05, 4.69) is 19.2 Å². The van der Waals surface area contributed by atoms with Crippen LogP contribution in [0.15, 0.2) is 0 Å². The minimum atomic E-state index is -1.25. The number of unbranched alkanes of at least 4 members (excludes halogenated alkanes) is 43. The van der Waals surface area contributed by atoms with Gasteiger partial charge < -0.3 is 25.7 Å². The second-order valence-electron chi connectivity index (χ2n) is 19.7. The first kappa shape index (κ1) is 60.3. The Morgan fingerprint density at radius 1 is 0.344 bits per heavy atom. The molecule has 61 heavy (non-hydrogen) atoms. The van der Waals surface area contributed by atoms with Crippen molar-refractivity contribution in [2.24, 2.45) is 0 Å². The molecule has 5 N–H and O–H groups in total. The molecule has 4 unspecified atom stereocenters. The molecule has 0 saturated carbocycles. The molecule has 6 heteroatoms. The highest BCUT2D eigenvalue weighted by atomic mass is 16.3. The van der Waals surface area contributed by atoms with E-state index in [1.807, 2.05) is 0 Å². The Morgan fingerprint density at radius 3 is 0.787 bits per heavy atom. The van der Waals surface area contributed by atoms with Crippen LogP contribution in [0.3, 0.4) is 0 Å². The number of nitrogens with one attached hydrogen (secondary N) is 1. The van der Waals surface area contributed by atoms with E-state index in [0.717, 1.165) is 38.5 Å². The van der Waals surface area contributed by atoms with Crippen molar-refractivity contribution in [3.63, 3.8) is 0 Å². The molecular formula is C55H111NO5. The Balaban J connectivity index is 3.56. The first-order valence-corrected chi connectivity index (χ1v) is 27.9. The lowest BCUT2D eigenvalue weighted by Crippen LogP contribution is -2.53. The molecule has 0 bridgehead atoms. The number of aliphatic hydroxyl groups excluding tert-OH is 4. The lowest BCUT2D eigenvalue weighted by molar-refractivity contribution is -0.132. The van der Waals surface area contributed by atoms with E-state index >= 15 is 0 Å². The third kappa shape index (κ3) is 44.3. The number of amides is 1. The standard InChI is InChI=1S/C55H111NO5/c1-3-5-7-9-11-13-15-17-19-21-22-23-24-25-26-27-28-29-30-31-33-35-37-39-41-43-45-47-49-53(59)55(61)56-51(50-57)54(60)52(58)48-46-44-42-40-38-36-34-32-20-18-16-14-12-10-8-6-4-2/h51-54,57-60H,3-50H2,1-2H3,(H,56,61). The van der Waals surface area contributed by atoms with E-state index in [1.165, 1.54) is 250 Å². The van der Waals surface area contributed by atoms with Crippen LogP contribution in [0, 0.1) is 0 Å². The molecule has 0 aliphatic carbocycles. The molecule has 0 aliphatic rings. The molecule has 0 heterocycles. The first-order chi connectivity index (χ1) is 30.0. The number of hydrogen-bond acceptors (Lipinski definition) is 5. The van der Waals surface area contributed by atoms with Gasteiger partial charge in [-0.2, -0.15) is 0 Å². The molecule has 0 aromatic heterocycles. The fraction of sp³-hybridized carbons (Fsp3) is 0.982. The van der Waals surface area contributed by atoms with Crippen molar-refractivity contribution >= 4 is 5.91 Å². The topological polar surface area (TPSA) is 110 Å². The van der Waals surface area contributed by atoms with E-state index in [9.17, 15) is 25.2 Å². The molecule has 0 aromatic rings. The van der Waals surface area contributed by atoms with Crippen molar-refractivity contribution in [1.82, 2.24) is 5.32 Å². The highest BCUT2D eigenvalue weighted by Gasteiger charge is 2.28. The first-order valence-electron chi connectivity index (χ1n) is 27.9. The van der Waals surface area contributed by atoms with Gasteiger partial charge >= 0.3 is 0 Å². The summed E-state index contributed by atoms with van der Waals surface area (Å²) < 4.78 is 0. The largest absolute Gasteiger partial charge is 0.394 e. The quantitative estimate of drug-likeness (QED) is 0.0391. The number of carbonyl (C=O) groups is 1. The second kappa shape index (κ2) is 50.3. The lowest BCUT2D eigenvalue weighted by Gasteiger charge is -2.27. The fourth-order valence-corrected chi connectivity index (χ4v) is 9.17. The van der Waals surface area contributed by atoms with Crippen LogP contribution >= 0.6 is 0 Å². The zero-order valence-electron chi connectivity index (χ0n) is 41.4. The molecule has 6 nitrogen and oxygen atoms in total. The summed E-state index contributed by atoms with van der Waals surface area (Å²) in [5.74, 6) is -0.576. The van der Waals surface area contributed by atoms with E-state index in [1.54, 1.807) is 0 Å². The Morgan fingerprint density at radius 2 is 0.557 bits per heavy atom. The molecule has 1 amide bonds. The maximum atomic E-state index is 12.6. The van der Waals surface area contributed by atoms with Crippen LogP contribution in [0.2, 0.25) is 0 Å². The summed E-state index contributed by atoms with van der Waals surface area (Å²) in [4.78, 5) is 12.6. The molecule has 0 spiro atoms. The van der Waals surface area contributed by atoms with Gasteiger partial charge in [-0.1, -0.05) is 303 Å². The summed E-state index contributed by atoms with van der Waals surface area (Å²) in [6.07, 6.45) is 57.4. The fourth-order valence-electron chi connectivity index (χ4n) is 9.17. The Bertz CT molecular complexity index is 841. The lowest BCUT2D eigenvalue weighted by atomic mass is 9.99. The van der Waals surface area contributed by atoms with Gasteiger partial charge in [-0.25, -0.2) is 0 Å². The molecule has 0 aliphatic heterocycles. The van der Waals surface area contributed by atoms with Gasteiger partial charge in [0, 0.05) is 0 Å². The van der Waals surface area contributed by atoms with Crippen molar-refractivity contribution in [3.05, 3.63) is 0 Å². The third-order valence-electron chi connectivity index (χ3n) is 13.6. The van der Waals surface area contributed by atoms with Crippen molar-refractivity contribution in [3.8, 4) is 0 Å². The number of hydrogen-bond donors (Lipinski definition) is 5. The molecule has 0 saturated heterocycles. The summed E-state index contributed by atoms with van der Waals surface area (Å²) in [6.45, 7) is 4.09. The molecular weight excluding hydrogens is 755 g/mol. The van der Waals surface area contributed by atoms with Gasteiger partial charge in [0.1, 0.15) is 12.2 Å². The van der Waals surface area contributed by atoms with Gasteiger partial charge in [0.2, 0.25) is 5.91 Å². The maximum absolute atomic E-state index is 12.6. The Hall–Kier alpha value is -0.690. The van der Waals surface area contributed by atoms with E-state index in [-0.39, 0.29) is 0 Å². The minimum absolute atomic E-state index is 0.376. The summed E-state index contributed by atoms with van der Waals surface area (Å²) in [5, 5.41) is 44.0. The maximum Gasteiger partial charge on any atom is 0.249 e. The zero-order chi connectivity index (χ0) is 44.5. The summed E-state index contributed by atoms with van der Waals surface area (Å²) in [7, 11) is 0. The number of aliphatic hydroxyl groups is 4. The molecule has 0 rings (SSSR count). The molecule has 0 fully saturated rings. The van der Waals surface area contributed by atoms with Crippen LogP contribution in [0.4, 0.5) is 0 Å². The van der Waals surface area contributed by atoms with Crippen LogP contribution in [-0.2, 0) is 4.79 Å². The Labute approximate surface area is 381 Å². The van der Waals surface area contributed by atoms with Crippen LogP contribution < -0.4 is 5.32 Å². The SMILES string of the molecule is CCCCCCCCCCCCCCCCCCCCCCCCCCCCCCC(O)C(=O)NC(CO)C(O)C(O)CCCCCCCCCCCCCCCCCCC. The predicted molar refractivity (Wildman–Crippen MR) is 265 cm³/mol. The Kier molecular flexibility index (Phi) is 49.7. The van der Waals surface area contributed by atoms with Gasteiger partial charge in [-0.3, -0.25) is 4.79 Å². The smallest absolute Gasteiger partial charge is 0.249 e. The molecule has 366 valence electrons. The third-order valence-corrected chi connectivity index (χ3v) is 13.6. The average molecular weight is 866 g/mol. The predicted octanol–water partition coefficient (Wildman–Crippen LogP) is 15.9. The zero-order valence-corrected chi connectivity index (χ0v) is 41.4. The van der Waals surface area contributed by atoms with Crippen LogP contribution in [0.5, 0.6) is 0 Å². The summed E-state index contributed by atoms with van der Waals surface area (Å²) in [5.41, 5.74) is 0. The van der Waals surface area contributed by atoms with E-state index in [4.69, 9.17) is 0 Å². The molecule has 4 atom stereocenters.